The Morgan fingerprint density at radius 2 is 1.60 bits per heavy atom. The van der Waals surface area contributed by atoms with Crippen molar-refractivity contribution in [3.05, 3.63) is 71.8 Å². The summed E-state index contributed by atoms with van der Waals surface area (Å²) in [7, 11) is 2.22. The molecule has 1 aliphatic rings. The number of nitrogens with one attached hydrogen (secondary N) is 1. The third-order valence-corrected chi connectivity index (χ3v) is 4.38. The molecule has 3 rings (SSSR count). The van der Waals surface area contributed by atoms with Gasteiger partial charge in [-0.15, -0.1) is 0 Å². The number of likely N-dealkylation sites (N-methyl/N-ethyl adjacent to an activating group) is 1. The maximum Gasteiger partial charge on any atom is 0.0535 e. The Morgan fingerprint density at radius 3 is 2.20 bits per heavy atom. The molecule has 0 aliphatic carbocycles. The fourth-order valence-electron chi connectivity index (χ4n) is 3.19. The van der Waals surface area contributed by atoms with Crippen molar-refractivity contribution in [3.8, 4) is 0 Å². The van der Waals surface area contributed by atoms with E-state index in [0.717, 1.165) is 13.1 Å². The SMILES string of the molecule is CN1CC(C)(c2ccccc2)NCC1c1ccccc1. The molecular weight excluding hydrogens is 244 g/mol. The smallest absolute Gasteiger partial charge is 0.0535 e. The lowest BCUT2D eigenvalue weighted by atomic mass is 9.87. The minimum absolute atomic E-state index is 0.0291. The Kier molecular flexibility index (Phi) is 3.60. The summed E-state index contributed by atoms with van der Waals surface area (Å²) in [5.41, 5.74) is 2.78. The van der Waals surface area contributed by atoms with Gasteiger partial charge in [-0.05, 0) is 25.1 Å². The highest BCUT2D eigenvalue weighted by molar-refractivity contribution is 5.27. The van der Waals surface area contributed by atoms with Crippen LogP contribution in [0.5, 0.6) is 0 Å². The molecule has 0 amide bonds. The molecule has 0 aromatic heterocycles. The molecule has 20 heavy (non-hydrogen) atoms. The van der Waals surface area contributed by atoms with Crippen LogP contribution >= 0.6 is 0 Å². The molecule has 0 bridgehead atoms. The van der Waals surface area contributed by atoms with Gasteiger partial charge in [-0.1, -0.05) is 60.7 Å². The molecule has 0 radical (unpaired) electrons. The van der Waals surface area contributed by atoms with Crippen LogP contribution in [0.25, 0.3) is 0 Å². The normalized spacial score (nSPS) is 27.4. The molecule has 1 heterocycles. The topological polar surface area (TPSA) is 15.3 Å². The first-order chi connectivity index (χ1) is 9.69. The monoisotopic (exact) mass is 266 g/mol. The van der Waals surface area contributed by atoms with Gasteiger partial charge in [0.15, 0.2) is 0 Å². The second-order valence-corrected chi connectivity index (χ2v) is 5.92. The van der Waals surface area contributed by atoms with E-state index in [0.29, 0.717) is 6.04 Å². The van der Waals surface area contributed by atoms with Gasteiger partial charge in [0.1, 0.15) is 0 Å². The zero-order valence-corrected chi connectivity index (χ0v) is 12.2. The van der Waals surface area contributed by atoms with Crippen LogP contribution < -0.4 is 5.32 Å². The van der Waals surface area contributed by atoms with Gasteiger partial charge >= 0.3 is 0 Å². The highest BCUT2D eigenvalue weighted by Crippen LogP contribution is 2.31. The molecule has 2 aromatic rings. The number of rotatable bonds is 2. The van der Waals surface area contributed by atoms with Gasteiger partial charge in [0.05, 0.1) is 5.54 Å². The zero-order valence-electron chi connectivity index (χ0n) is 12.2. The van der Waals surface area contributed by atoms with E-state index in [1.165, 1.54) is 11.1 Å². The van der Waals surface area contributed by atoms with E-state index in [1.54, 1.807) is 0 Å². The number of nitrogens with zero attached hydrogens (tertiary/aromatic N) is 1. The molecule has 2 nitrogen and oxygen atoms in total. The van der Waals surface area contributed by atoms with Crippen LogP contribution in [-0.2, 0) is 5.54 Å². The van der Waals surface area contributed by atoms with Crippen molar-refractivity contribution in [1.29, 1.82) is 0 Å². The van der Waals surface area contributed by atoms with Gasteiger partial charge in [-0.2, -0.15) is 0 Å². The van der Waals surface area contributed by atoms with Gasteiger partial charge in [-0.25, -0.2) is 0 Å². The van der Waals surface area contributed by atoms with Gasteiger partial charge in [0.2, 0.25) is 0 Å². The molecule has 2 heteroatoms. The average Bonchev–Trinajstić information content (AvgIpc) is 2.49. The molecule has 1 fully saturated rings. The Hall–Kier alpha value is -1.64. The van der Waals surface area contributed by atoms with Crippen LogP contribution in [0.15, 0.2) is 60.7 Å². The van der Waals surface area contributed by atoms with E-state index >= 15 is 0 Å². The summed E-state index contributed by atoms with van der Waals surface area (Å²) in [5, 5.41) is 3.75. The van der Waals surface area contributed by atoms with Crippen molar-refractivity contribution in [2.75, 3.05) is 20.1 Å². The molecule has 1 N–H and O–H groups in total. The van der Waals surface area contributed by atoms with E-state index in [-0.39, 0.29) is 5.54 Å². The standard InChI is InChI=1S/C18H22N2/c1-18(16-11-7-4-8-12-16)14-20(2)17(13-19-18)15-9-5-3-6-10-15/h3-12,17,19H,13-14H2,1-2H3. The van der Waals surface area contributed by atoms with Gasteiger partial charge in [0, 0.05) is 19.1 Å². The van der Waals surface area contributed by atoms with Crippen LogP contribution in [0.3, 0.4) is 0 Å². The van der Waals surface area contributed by atoms with Crippen molar-refractivity contribution >= 4 is 0 Å². The van der Waals surface area contributed by atoms with Crippen LogP contribution in [0.1, 0.15) is 24.1 Å². The maximum absolute atomic E-state index is 3.75. The van der Waals surface area contributed by atoms with Crippen molar-refractivity contribution in [2.24, 2.45) is 0 Å². The van der Waals surface area contributed by atoms with E-state index in [9.17, 15) is 0 Å². The molecule has 2 unspecified atom stereocenters. The summed E-state index contributed by atoms with van der Waals surface area (Å²) in [6, 6.07) is 21.9. The highest BCUT2D eigenvalue weighted by atomic mass is 15.2. The fraction of sp³-hybridized carbons (Fsp3) is 0.333. The average molecular weight is 266 g/mol. The van der Waals surface area contributed by atoms with E-state index in [2.05, 4.69) is 84.9 Å². The molecule has 1 saturated heterocycles. The third kappa shape index (κ3) is 2.49. The molecule has 1 aliphatic heterocycles. The largest absolute Gasteiger partial charge is 0.305 e. The maximum atomic E-state index is 3.75. The molecule has 2 atom stereocenters. The minimum Gasteiger partial charge on any atom is -0.305 e. The van der Waals surface area contributed by atoms with E-state index in [4.69, 9.17) is 0 Å². The quantitative estimate of drug-likeness (QED) is 0.898. The minimum atomic E-state index is 0.0291. The second kappa shape index (κ2) is 5.39. The Balaban J connectivity index is 1.80. The van der Waals surface area contributed by atoms with E-state index < -0.39 is 0 Å². The first-order valence-corrected chi connectivity index (χ1v) is 7.25. The Labute approximate surface area is 121 Å². The van der Waals surface area contributed by atoms with Crippen molar-refractivity contribution < 1.29 is 0 Å². The first-order valence-electron chi connectivity index (χ1n) is 7.25. The second-order valence-electron chi connectivity index (χ2n) is 5.92. The molecule has 0 spiro atoms. The number of benzene rings is 2. The van der Waals surface area contributed by atoms with Gasteiger partial charge < -0.3 is 5.32 Å². The summed E-state index contributed by atoms with van der Waals surface area (Å²) in [6.45, 7) is 4.28. The summed E-state index contributed by atoms with van der Waals surface area (Å²) < 4.78 is 0. The van der Waals surface area contributed by atoms with Crippen LogP contribution in [-0.4, -0.2) is 25.0 Å². The Morgan fingerprint density at radius 1 is 1.00 bits per heavy atom. The predicted molar refractivity (Wildman–Crippen MR) is 83.6 cm³/mol. The summed E-state index contributed by atoms with van der Waals surface area (Å²) in [4.78, 5) is 2.46. The van der Waals surface area contributed by atoms with E-state index in [1.807, 2.05) is 0 Å². The lowest BCUT2D eigenvalue weighted by Gasteiger charge is -2.45. The van der Waals surface area contributed by atoms with Crippen molar-refractivity contribution in [1.82, 2.24) is 10.2 Å². The predicted octanol–water partition coefficient (Wildman–Crippen LogP) is 3.18. The summed E-state index contributed by atoms with van der Waals surface area (Å²) >= 11 is 0. The number of piperazine rings is 1. The lowest BCUT2D eigenvalue weighted by molar-refractivity contribution is 0.112. The van der Waals surface area contributed by atoms with Crippen molar-refractivity contribution in [3.63, 3.8) is 0 Å². The zero-order chi connectivity index (χ0) is 14.0. The van der Waals surface area contributed by atoms with Gasteiger partial charge in [-0.3, -0.25) is 4.90 Å². The molecular formula is C18H22N2. The molecule has 104 valence electrons. The third-order valence-electron chi connectivity index (χ3n) is 4.38. The fourth-order valence-corrected chi connectivity index (χ4v) is 3.19. The van der Waals surface area contributed by atoms with Crippen LogP contribution in [0.4, 0.5) is 0 Å². The summed E-state index contributed by atoms with van der Waals surface area (Å²) in [5.74, 6) is 0. The molecule has 2 aromatic carbocycles. The lowest BCUT2D eigenvalue weighted by Crippen LogP contribution is -2.56. The number of hydrogen-bond donors (Lipinski definition) is 1. The highest BCUT2D eigenvalue weighted by Gasteiger charge is 2.35. The first kappa shape index (κ1) is 13.3. The van der Waals surface area contributed by atoms with Crippen molar-refractivity contribution in [2.45, 2.75) is 18.5 Å². The Bertz CT molecular complexity index is 552. The molecule has 0 saturated carbocycles. The van der Waals surface area contributed by atoms with Crippen LogP contribution in [0.2, 0.25) is 0 Å². The van der Waals surface area contributed by atoms with Crippen LogP contribution in [0, 0.1) is 0 Å². The summed E-state index contributed by atoms with van der Waals surface area (Å²) in [6.07, 6.45) is 0. The number of hydrogen-bond acceptors (Lipinski definition) is 2. The van der Waals surface area contributed by atoms with Gasteiger partial charge in [0.25, 0.3) is 0 Å².